The monoisotopic (exact) mass is 323 g/mol. The van der Waals surface area contributed by atoms with Crippen LogP contribution in [-0.2, 0) is 4.79 Å². The molecule has 0 aliphatic rings. The van der Waals surface area contributed by atoms with Crippen LogP contribution in [0.1, 0.15) is 89.9 Å². The highest BCUT2D eigenvalue weighted by Gasteiger charge is 1.95. The molecule has 0 radical (unpaired) electrons. The summed E-state index contributed by atoms with van der Waals surface area (Å²) in [5.74, 6) is -0.680. The first-order valence-electron chi connectivity index (χ1n) is 9.15. The van der Waals surface area contributed by atoms with Crippen LogP contribution in [0.25, 0.3) is 10.4 Å². The smallest absolute Gasteiger partial charge is 0.303 e. The summed E-state index contributed by atoms with van der Waals surface area (Å²) in [5, 5.41) is 12.1. The molecule has 1 N–H and O–H groups in total. The van der Waals surface area contributed by atoms with Crippen LogP contribution in [-0.4, -0.2) is 17.6 Å². The summed E-state index contributed by atoms with van der Waals surface area (Å²) in [4.78, 5) is 13.1. The number of unbranched alkanes of at least 4 members (excludes halogenated alkanes) is 11. The second-order valence-electron chi connectivity index (χ2n) is 6.04. The van der Waals surface area contributed by atoms with Gasteiger partial charge in [0.2, 0.25) is 0 Å². The molecule has 0 rings (SSSR count). The predicted octanol–water partition coefficient (Wildman–Crippen LogP) is 6.40. The van der Waals surface area contributed by atoms with Crippen LogP contribution in [0.2, 0.25) is 0 Å². The van der Waals surface area contributed by atoms with Crippen LogP contribution in [0.15, 0.2) is 17.3 Å². The van der Waals surface area contributed by atoms with Crippen LogP contribution >= 0.6 is 0 Å². The van der Waals surface area contributed by atoms with Crippen molar-refractivity contribution in [2.75, 3.05) is 6.54 Å². The topological polar surface area (TPSA) is 86.1 Å². The molecule has 0 heterocycles. The van der Waals surface area contributed by atoms with Crippen molar-refractivity contribution >= 4 is 5.97 Å². The van der Waals surface area contributed by atoms with E-state index in [9.17, 15) is 4.79 Å². The average molecular weight is 323 g/mol. The van der Waals surface area contributed by atoms with Crippen LogP contribution in [0, 0.1) is 0 Å². The molecule has 0 aromatic carbocycles. The van der Waals surface area contributed by atoms with Gasteiger partial charge < -0.3 is 5.11 Å². The van der Waals surface area contributed by atoms with Crippen molar-refractivity contribution in [1.82, 2.24) is 0 Å². The second-order valence-corrected chi connectivity index (χ2v) is 6.04. The molecule has 5 heteroatoms. The molecule has 0 aromatic rings. The van der Waals surface area contributed by atoms with Gasteiger partial charge in [0.15, 0.2) is 0 Å². The van der Waals surface area contributed by atoms with Crippen molar-refractivity contribution in [2.45, 2.75) is 89.9 Å². The number of carboxylic acid groups (broad SMARTS) is 1. The molecule has 0 aliphatic carbocycles. The Morgan fingerprint density at radius 1 is 0.826 bits per heavy atom. The second kappa shape index (κ2) is 18.6. The molecule has 0 amide bonds. The minimum atomic E-state index is -0.680. The van der Waals surface area contributed by atoms with Crippen molar-refractivity contribution in [3.63, 3.8) is 0 Å². The Labute approximate surface area is 140 Å². The molecule has 0 aromatic heterocycles. The van der Waals surface area contributed by atoms with Crippen molar-refractivity contribution in [3.8, 4) is 0 Å². The summed E-state index contributed by atoms with van der Waals surface area (Å²) in [5.41, 5.74) is 8.14. The fourth-order valence-corrected chi connectivity index (χ4v) is 2.50. The third-order valence-electron chi connectivity index (χ3n) is 3.87. The van der Waals surface area contributed by atoms with Crippen molar-refractivity contribution in [3.05, 3.63) is 22.6 Å². The van der Waals surface area contributed by atoms with Gasteiger partial charge in [-0.1, -0.05) is 62.2 Å². The normalized spacial score (nSPS) is 10.8. The first-order valence-corrected chi connectivity index (χ1v) is 9.15. The van der Waals surface area contributed by atoms with Gasteiger partial charge in [0, 0.05) is 17.9 Å². The molecule has 5 nitrogen and oxygen atoms in total. The number of carboxylic acids is 1. The third kappa shape index (κ3) is 20.5. The molecule has 0 unspecified atom stereocenters. The van der Waals surface area contributed by atoms with Gasteiger partial charge in [-0.15, -0.1) is 0 Å². The van der Waals surface area contributed by atoms with E-state index in [1.165, 1.54) is 51.4 Å². The Balaban J connectivity index is 3.11. The van der Waals surface area contributed by atoms with Crippen molar-refractivity contribution in [2.24, 2.45) is 5.11 Å². The third-order valence-corrected chi connectivity index (χ3v) is 3.87. The lowest BCUT2D eigenvalue weighted by Gasteiger charge is -1.99. The number of aliphatic carboxylic acids is 1. The minimum Gasteiger partial charge on any atom is -0.481 e. The number of carbonyl (C=O) groups is 1. The largest absolute Gasteiger partial charge is 0.481 e. The van der Waals surface area contributed by atoms with Gasteiger partial charge in [-0.25, -0.2) is 0 Å². The maximum atomic E-state index is 10.3. The Hall–Kier alpha value is -1.48. The Morgan fingerprint density at radius 2 is 1.30 bits per heavy atom. The summed E-state index contributed by atoms with van der Waals surface area (Å²) >= 11 is 0. The van der Waals surface area contributed by atoms with Crippen LogP contribution in [0.3, 0.4) is 0 Å². The van der Waals surface area contributed by atoms with Crippen molar-refractivity contribution in [1.29, 1.82) is 0 Å². The number of nitrogens with zero attached hydrogens (tertiary/aromatic N) is 3. The Morgan fingerprint density at radius 3 is 1.83 bits per heavy atom. The van der Waals surface area contributed by atoms with E-state index in [1.807, 2.05) is 0 Å². The molecular weight excluding hydrogens is 290 g/mol. The zero-order chi connectivity index (χ0) is 17.0. The fraction of sp³-hybridized carbons (Fsp3) is 0.833. The van der Waals surface area contributed by atoms with Gasteiger partial charge in [-0.3, -0.25) is 4.79 Å². The summed E-state index contributed by atoms with van der Waals surface area (Å²) in [6.07, 6.45) is 19.9. The lowest BCUT2D eigenvalue weighted by atomic mass is 10.1. The van der Waals surface area contributed by atoms with Gasteiger partial charge in [0.1, 0.15) is 0 Å². The molecule has 23 heavy (non-hydrogen) atoms. The van der Waals surface area contributed by atoms with Crippen LogP contribution in [0.4, 0.5) is 0 Å². The fourth-order valence-electron chi connectivity index (χ4n) is 2.50. The Bertz CT molecular complexity index is 350. The zero-order valence-corrected chi connectivity index (χ0v) is 14.5. The molecule has 0 fully saturated rings. The first kappa shape index (κ1) is 21.5. The molecule has 0 spiro atoms. The molecule has 0 saturated heterocycles. The van der Waals surface area contributed by atoms with Gasteiger partial charge >= 0.3 is 5.97 Å². The van der Waals surface area contributed by atoms with Crippen LogP contribution < -0.4 is 0 Å². The predicted molar refractivity (Wildman–Crippen MR) is 95.4 cm³/mol. The molecule has 0 saturated carbocycles. The maximum absolute atomic E-state index is 10.3. The summed E-state index contributed by atoms with van der Waals surface area (Å²) < 4.78 is 0. The van der Waals surface area contributed by atoms with E-state index in [4.69, 9.17) is 10.6 Å². The SMILES string of the molecule is [N-]=[N+]=NCCCCCCCC/C=C\CCCCCCCC(=O)O. The molecule has 132 valence electrons. The highest BCUT2D eigenvalue weighted by atomic mass is 16.4. The number of hydrogen-bond acceptors (Lipinski definition) is 2. The quantitative estimate of drug-likeness (QED) is 0.110. The standard InChI is InChI=1S/C18H33N3O2/c19-21-20-17-15-13-11-9-7-5-3-1-2-4-6-8-10-12-14-16-18(22)23/h1-2H,3-17H2,(H,22,23)/b2-1-. The van der Waals surface area contributed by atoms with Gasteiger partial charge in [-0.2, -0.15) is 0 Å². The van der Waals surface area contributed by atoms with Gasteiger partial charge in [0.05, 0.1) is 0 Å². The molecule has 0 atom stereocenters. The number of rotatable bonds is 17. The summed E-state index contributed by atoms with van der Waals surface area (Å²) in [7, 11) is 0. The first-order chi connectivity index (χ1) is 11.3. The van der Waals surface area contributed by atoms with E-state index in [0.29, 0.717) is 13.0 Å². The van der Waals surface area contributed by atoms with E-state index < -0.39 is 5.97 Å². The lowest BCUT2D eigenvalue weighted by Crippen LogP contribution is -1.93. The van der Waals surface area contributed by atoms with Gasteiger partial charge in [0.25, 0.3) is 0 Å². The highest BCUT2D eigenvalue weighted by molar-refractivity contribution is 5.66. The Kier molecular flexibility index (Phi) is 17.4. The summed E-state index contributed by atoms with van der Waals surface area (Å²) in [6, 6.07) is 0. The van der Waals surface area contributed by atoms with Gasteiger partial charge in [-0.05, 0) is 44.1 Å². The molecule has 0 aliphatic heterocycles. The van der Waals surface area contributed by atoms with E-state index in [0.717, 1.165) is 32.1 Å². The summed E-state index contributed by atoms with van der Waals surface area (Å²) in [6.45, 7) is 0.638. The van der Waals surface area contributed by atoms with E-state index in [1.54, 1.807) is 0 Å². The van der Waals surface area contributed by atoms with E-state index in [2.05, 4.69) is 22.2 Å². The molecule has 0 bridgehead atoms. The van der Waals surface area contributed by atoms with Crippen molar-refractivity contribution < 1.29 is 9.90 Å². The lowest BCUT2D eigenvalue weighted by molar-refractivity contribution is -0.137. The maximum Gasteiger partial charge on any atom is 0.303 e. The van der Waals surface area contributed by atoms with Crippen LogP contribution in [0.5, 0.6) is 0 Å². The average Bonchev–Trinajstić information content (AvgIpc) is 2.53. The zero-order valence-electron chi connectivity index (χ0n) is 14.5. The number of azide groups is 1. The highest BCUT2D eigenvalue weighted by Crippen LogP contribution is 2.10. The number of allylic oxidation sites excluding steroid dienone is 2. The number of hydrogen-bond donors (Lipinski definition) is 1. The minimum absolute atomic E-state index is 0.313. The van der Waals surface area contributed by atoms with E-state index >= 15 is 0 Å². The van der Waals surface area contributed by atoms with E-state index in [-0.39, 0.29) is 0 Å². The molecular formula is C18H33N3O2.